The standard InChI is InChI=1S/C20H22N4O2/c1-3-17(25)12-22-20(26)24-16-6-7-19-15(9-16)10-18(13(2)23-19)14-5-4-8-21-11-14/h4-11,17,25H,3,12H2,1-2H3,(H2,22,24,26). The lowest BCUT2D eigenvalue weighted by Crippen LogP contribution is -2.34. The Bertz CT molecular complexity index is 912. The quantitative estimate of drug-likeness (QED) is 0.657. The second kappa shape index (κ2) is 7.93. The number of pyridine rings is 2. The molecule has 0 fully saturated rings. The summed E-state index contributed by atoms with van der Waals surface area (Å²) in [5.74, 6) is 0. The number of nitrogens with one attached hydrogen (secondary N) is 2. The molecule has 3 rings (SSSR count). The molecule has 0 saturated carbocycles. The summed E-state index contributed by atoms with van der Waals surface area (Å²) < 4.78 is 0. The monoisotopic (exact) mass is 350 g/mol. The zero-order valence-electron chi connectivity index (χ0n) is 14.9. The van der Waals surface area contributed by atoms with Crippen LogP contribution in [0.5, 0.6) is 0 Å². The Morgan fingerprint density at radius 3 is 2.85 bits per heavy atom. The Morgan fingerprint density at radius 2 is 2.12 bits per heavy atom. The van der Waals surface area contributed by atoms with E-state index in [-0.39, 0.29) is 12.6 Å². The van der Waals surface area contributed by atoms with Crippen LogP contribution < -0.4 is 10.6 Å². The van der Waals surface area contributed by atoms with Gasteiger partial charge in [0.05, 0.1) is 11.6 Å². The van der Waals surface area contributed by atoms with Crippen molar-refractivity contribution in [3.05, 3.63) is 54.5 Å². The summed E-state index contributed by atoms with van der Waals surface area (Å²) in [5, 5.41) is 15.9. The first-order valence-corrected chi connectivity index (χ1v) is 8.61. The van der Waals surface area contributed by atoms with Crippen LogP contribution in [0.1, 0.15) is 19.0 Å². The van der Waals surface area contributed by atoms with Crippen molar-refractivity contribution in [2.45, 2.75) is 26.4 Å². The highest BCUT2D eigenvalue weighted by atomic mass is 16.3. The van der Waals surface area contributed by atoms with E-state index in [1.165, 1.54) is 0 Å². The number of fused-ring (bicyclic) bond motifs is 1. The molecule has 2 heterocycles. The third-order valence-corrected chi connectivity index (χ3v) is 4.21. The minimum atomic E-state index is -0.536. The highest BCUT2D eigenvalue weighted by molar-refractivity contribution is 5.93. The number of carbonyl (C=O) groups excluding carboxylic acids is 1. The summed E-state index contributed by atoms with van der Waals surface area (Å²) in [6, 6.07) is 11.2. The van der Waals surface area contributed by atoms with Crippen LogP contribution in [0, 0.1) is 6.92 Å². The number of hydrogen-bond donors (Lipinski definition) is 3. The zero-order valence-corrected chi connectivity index (χ0v) is 14.9. The molecule has 0 aliphatic rings. The number of aliphatic hydroxyl groups excluding tert-OH is 1. The molecule has 0 bridgehead atoms. The summed E-state index contributed by atoms with van der Waals surface area (Å²) in [4.78, 5) is 20.8. The maximum absolute atomic E-state index is 12.0. The molecule has 6 heteroatoms. The maximum atomic E-state index is 12.0. The number of aryl methyl sites for hydroxylation is 1. The van der Waals surface area contributed by atoms with E-state index in [4.69, 9.17) is 0 Å². The van der Waals surface area contributed by atoms with Crippen molar-refractivity contribution < 1.29 is 9.90 Å². The average Bonchev–Trinajstić information content (AvgIpc) is 2.66. The van der Waals surface area contributed by atoms with E-state index in [0.29, 0.717) is 12.1 Å². The topological polar surface area (TPSA) is 87.1 Å². The van der Waals surface area contributed by atoms with Crippen LogP contribution in [0.4, 0.5) is 10.5 Å². The van der Waals surface area contributed by atoms with Crippen LogP contribution in [-0.2, 0) is 0 Å². The van der Waals surface area contributed by atoms with Gasteiger partial charge in [-0.1, -0.05) is 13.0 Å². The van der Waals surface area contributed by atoms with Gasteiger partial charge in [-0.2, -0.15) is 0 Å². The minimum absolute atomic E-state index is 0.224. The van der Waals surface area contributed by atoms with Crippen molar-refractivity contribution in [3.8, 4) is 11.1 Å². The third-order valence-electron chi connectivity index (χ3n) is 4.21. The largest absolute Gasteiger partial charge is 0.391 e. The molecule has 2 aromatic heterocycles. The lowest BCUT2D eigenvalue weighted by atomic mass is 10.0. The number of benzene rings is 1. The summed E-state index contributed by atoms with van der Waals surface area (Å²) in [6.07, 6.45) is 3.61. The summed E-state index contributed by atoms with van der Waals surface area (Å²) in [6.45, 7) is 4.06. The summed E-state index contributed by atoms with van der Waals surface area (Å²) in [5.41, 5.74) is 4.48. The van der Waals surface area contributed by atoms with Gasteiger partial charge in [-0.3, -0.25) is 9.97 Å². The lowest BCUT2D eigenvalue weighted by Gasteiger charge is -2.12. The van der Waals surface area contributed by atoms with Crippen molar-refractivity contribution in [1.82, 2.24) is 15.3 Å². The lowest BCUT2D eigenvalue weighted by molar-refractivity contribution is 0.168. The molecule has 1 unspecified atom stereocenters. The highest BCUT2D eigenvalue weighted by Gasteiger charge is 2.09. The van der Waals surface area contributed by atoms with Crippen LogP contribution in [0.2, 0.25) is 0 Å². The van der Waals surface area contributed by atoms with Crippen LogP contribution in [0.15, 0.2) is 48.8 Å². The second-order valence-corrected chi connectivity index (χ2v) is 6.17. The molecule has 3 N–H and O–H groups in total. The number of hydrogen-bond acceptors (Lipinski definition) is 4. The number of carbonyl (C=O) groups is 1. The number of nitrogens with zero attached hydrogens (tertiary/aromatic N) is 2. The number of amides is 2. The normalized spacial score (nSPS) is 12.0. The predicted molar refractivity (Wildman–Crippen MR) is 103 cm³/mol. The molecule has 0 aliphatic heterocycles. The Kier molecular flexibility index (Phi) is 5.43. The number of rotatable bonds is 5. The number of aromatic nitrogens is 2. The molecule has 0 radical (unpaired) electrons. The molecule has 1 atom stereocenters. The van der Waals surface area contributed by atoms with Gasteiger partial charge in [0.2, 0.25) is 0 Å². The molecule has 0 aliphatic carbocycles. The van der Waals surface area contributed by atoms with Gasteiger partial charge in [0, 0.05) is 46.8 Å². The Balaban J connectivity index is 1.83. The molecular formula is C20H22N4O2. The van der Waals surface area contributed by atoms with Gasteiger partial charge < -0.3 is 15.7 Å². The van der Waals surface area contributed by atoms with Crippen molar-refractivity contribution in [3.63, 3.8) is 0 Å². The Morgan fingerprint density at radius 1 is 1.27 bits per heavy atom. The van der Waals surface area contributed by atoms with Crippen molar-refractivity contribution in [1.29, 1.82) is 0 Å². The first-order chi connectivity index (χ1) is 12.6. The molecule has 0 saturated heterocycles. The van der Waals surface area contributed by atoms with E-state index < -0.39 is 6.10 Å². The van der Waals surface area contributed by atoms with Crippen molar-refractivity contribution in [2.75, 3.05) is 11.9 Å². The van der Waals surface area contributed by atoms with Crippen molar-refractivity contribution in [2.24, 2.45) is 0 Å². The number of anilines is 1. The molecular weight excluding hydrogens is 328 g/mol. The van der Waals surface area contributed by atoms with E-state index in [2.05, 4.69) is 26.7 Å². The molecule has 26 heavy (non-hydrogen) atoms. The van der Waals surface area contributed by atoms with Crippen LogP contribution in [0.25, 0.3) is 22.0 Å². The van der Waals surface area contributed by atoms with Crippen LogP contribution in [0.3, 0.4) is 0 Å². The minimum Gasteiger partial charge on any atom is -0.391 e. The summed E-state index contributed by atoms with van der Waals surface area (Å²) >= 11 is 0. The molecule has 1 aromatic carbocycles. The van der Waals surface area contributed by atoms with E-state index in [1.807, 2.05) is 50.4 Å². The van der Waals surface area contributed by atoms with E-state index in [0.717, 1.165) is 27.7 Å². The van der Waals surface area contributed by atoms with Gasteiger partial charge in [-0.05, 0) is 43.7 Å². The van der Waals surface area contributed by atoms with Gasteiger partial charge in [0.25, 0.3) is 0 Å². The van der Waals surface area contributed by atoms with Gasteiger partial charge in [0.1, 0.15) is 0 Å². The van der Waals surface area contributed by atoms with Crippen molar-refractivity contribution >= 4 is 22.6 Å². The fraction of sp³-hybridized carbons (Fsp3) is 0.250. The second-order valence-electron chi connectivity index (χ2n) is 6.17. The highest BCUT2D eigenvalue weighted by Crippen LogP contribution is 2.27. The first-order valence-electron chi connectivity index (χ1n) is 8.61. The average molecular weight is 350 g/mol. The number of urea groups is 1. The van der Waals surface area contributed by atoms with Gasteiger partial charge in [-0.25, -0.2) is 4.79 Å². The van der Waals surface area contributed by atoms with Gasteiger partial charge in [0.15, 0.2) is 0 Å². The van der Waals surface area contributed by atoms with Crippen LogP contribution >= 0.6 is 0 Å². The van der Waals surface area contributed by atoms with Gasteiger partial charge in [-0.15, -0.1) is 0 Å². The fourth-order valence-electron chi connectivity index (χ4n) is 2.69. The van der Waals surface area contributed by atoms with Crippen LogP contribution in [-0.4, -0.2) is 33.8 Å². The predicted octanol–water partition coefficient (Wildman–Crippen LogP) is 3.50. The fourth-order valence-corrected chi connectivity index (χ4v) is 2.69. The van der Waals surface area contributed by atoms with E-state index in [9.17, 15) is 9.90 Å². The Hall–Kier alpha value is -2.99. The third kappa shape index (κ3) is 4.15. The SMILES string of the molecule is CCC(O)CNC(=O)Nc1ccc2nc(C)c(-c3cccnc3)cc2c1. The Labute approximate surface area is 152 Å². The molecule has 3 aromatic rings. The van der Waals surface area contributed by atoms with E-state index >= 15 is 0 Å². The molecule has 0 spiro atoms. The molecule has 2 amide bonds. The maximum Gasteiger partial charge on any atom is 0.319 e. The van der Waals surface area contributed by atoms with Gasteiger partial charge >= 0.3 is 6.03 Å². The molecule has 134 valence electrons. The summed E-state index contributed by atoms with van der Waals surface area (Å²) in [7, 11) is 0. The molecule has 6 nitrogen and oxygen atoms in total. The first kappa shape index (κ1) is 17.8. The number of aliphatic hydroxyl groups is 1. The zero-order chi connectivity index (χ0) is 18.5. The van der Waals surface area contributed by atoms with E-state index in [1.54, 1.807) is 6.20 Å². The smallest absolute Gasteiger partial charge is 0.319 e.